The molecule has 4 aliphatic rings. The summed E-state index contributed by atoms with van der Waals surface area (Å²) in [6.07, 6.45) is 5.66. The number of nitrogens with zero attached hydrogens (tertiary/aromatic N) is 6. The smallest absolute Gasteiger partial charge is 0.308 e. The lowest BCUT2D eigenvalue weighted by Gasteiger charge is -2.38. The first-order valence-electron chi connectivity index (χ1n) is 13.7. The number of rotatable bonds is 4. The quantitative estimate of drug-likeness (QED) is 0.668. The number of piperidine rings is 1. The van der Waals surface area contributed by atoms with Gasteiger partial charge in [-0.05, 0) is 56.1 Å². The van der Waals surface area contributed by atoms with Gasteiger partial charge in [-0.2, -0.15) is 0 Å². The summed E-state index contributed by atoms with van der Waals surface area (Å²) in [6.45, 7) is 11.7. The van der Waals surface area contributed by atoms with Crippen LogP contribution in [-0.4, -0.2) is 98.9 Å². The number of hydrogen-bond donors (Lipinski definition) is 1. The number of likely N-dealkylation sites (tertiary alicyclic amines) is 2. The number of hydrogen-bond acceptors (Lipinski definition) is 7. The van der Waals surface area contributed by atoms with Crippen LogP contribution >= 0.6 is 0 Å². The summed E-state index contributed by atoms with van der Waals surface area (Å²) < 4.78 is 8.10. The van der Waals surface area contributed by atoms with E-state index in [-0.39, 0.29) is 35.2 Å². The van der Waals surface area contributed by atoms with E-state index in [0.717, 1.165) is 55.8 Å². The zero-order chi connectivity index (χ0) is 25.9. The van der Waals surface area contributed by atoms with Gasteiger partial charge in [0.15, 0.2) is 5.65 Å². The van der Waals surface area contributed by atoms with E-state index < -0.39 is 5.97 Å². The summed E-state index contributed by atoms with van der Waals surface area (Å²) in [5, 5.41) is 14.1. The molecule has 1 amide bonds. The van der Waals surface area contributed by atoms with Gasteiger partial charge in [0.05, 0.1) is 30.0 Å². The van der Waals surface area contributed by atoms with E-state index in [9.17, 15) is 14.7 Å². The lowest BCUT2D eigenvalue weighted by Crippen LogP contribution is -2.47. The van der Waals surface area contributed by atoms with Crippen molar-refractivity contribution < 1.29 is 19.4 Å². The SMILES string of the molecule is Cc1cc(N2CCC(C)C2)cn2nc(C(=O)N3CCC4(CC3)CC(N3CC(C)C(C(=O)O)C3)CO4)nc12. The maximum absolute atomic E-state index is 13.4. The van der Waals surface area contributed by atoms with Crippen molar-refractivity contribution in [2.75, 3.05) is 50.8 Å². The van der Waals surface area contributed by atoms with Crippen LogP contribution in [0.3, 0.4) is 0 Å². The summed E-state index contributed by atoms with van der Waals surface area (Å²) in [4.78, 5) is 36.0. The normalized spacial score (nSPS) is 30.1. The van der Waals surface area contributed by atoms with Gasteiger partial charge < -0.3 is 19.6 Å². The molecule has 10 nitrogen and oxygen atoms in total. The molecule has 0 bridgehead atoms. The number of pyridine rings is 1. The molecule has 2 aromatic heterocycles. The van der Waals surface area contributed by atoms with Gasteiger partial charge >= 0.3 is 5.97 Å². The second-order valence-corrected chi connectivity index (χ2v) is 11.9. The van der Waals surface area contributed by atoms with Crippen molar-refractivity contribution in [3.8, 4) is 0 Å². The number of carbonyl (C=O) groups excluding carboxylic acids is 1. The molecule has 6 rings (SSSR count). The Balaban J connectivity index is 1.09. The third kappa shape index (κ3) is 4.48. The Hall–Kier alpha value is -2.72. The van der Waals surface area contributed by atoms with Crippen LogP contribution in [0.25, 0.3) is 5.65 Å². The number of ether oxygens (including phenoxy) is 1. The van der Waals surface area contributed by atoms with Crippen LogP contribution in [0.4, 0.5) is 5.69 Å². The highest BCUT2D eigenvalue weighted by Crippen LogP contribution is 2.40. The van der Waals surface area contributed by atoms with Crippen LogP contribution in [0.1, 0.15) is 55.7 Å². The maximum atomic E-state index is 13.4. The second kappa shape index (κ2) is 9.23. The molecule has 0 aliphatic carbocycles. The Bertz CT molecular complexity index is 1200. The Morgan fingerprint density at radius 2 is 1.92 bits per heavy atom. The Kier molecular flexibility index (Phi) is 6.14. The Morgan fingerprint density at radius 3 is 2.59 bits per heavy atom. The summed E-state index contributed by atoms with van der Waals surface area (Å²) in [5.74, 6) is -0.0276. The monoisotopic (exact) mass is 510 g/mol. The van der Waals surface area contributed by atoms with Crippen LogP contribution in [-0.2, 0) is 9.53 Å². The predicted octanol–water partition coefficient (Wildman–Crippen LogP) is 2.30. The van der Waals surface area contributed by atoms with E-state index in [4.69, 9.17) is 4.74 Å². The zero-order valence-corrected chi connectivity index (χ0v) is 22.1. The summed E-state index contributed by atoms with van der Waals surface area (Å²) in [5.41, 5.74) is 2.66. The minimum atomic E-state index is -0.701. The molecule has 0 aromatic carbocycles. The van der Waals surface area contributed by atoms with Crippen molar-refractivity contribution in [2.24, 2.45) is 17.8 Å². The lowest BCUT2D eigenvalue weighted by molar-refractivity contribution is -0.142. The topological polar surface area (TPSA) is 104 Å². The van der Waals surface area contributed by atoms with E-state index in [1.54, 1.807) is 4.52 Å². The first-order chi connectivity index (χ1) is 17.7. The van der Waals surface area contributed by atoms with Crippen molar-refractivity contribution in [3.63, 3.8) is 0 Å². The molecule has 200 valence electrons. The molecule has 0 saturated carbocycles. The van der Waals surface area contributed by atoms with Crippen molar-refractivity contribution in [3.05, 3.63) is 23.7 Å². The minimum Gasteiger partial charge on any atom is -0.481 e. The first-order valence-corrected chi connectivity index (χ1v) is 13.7. The standard InChI is InChI=1S/C27H38N6O4/c1-17-4-7-31(12-17)20-10-18(2)24-28-23(29-33(24)14-20)25(34)30-8-5-27(6-9-30)11-21(16-37-27)32-13-19(3)22(15-32)26(35)36/h10,14,17,19,21-22H,4-9,11-13,15-16H2,1-3H3,(H,35,36). The fraction of sp³-hybridized carbons (Fsp3) is 0.704. The zero-order valence-electron chi connectivity index (χ0n) is 22.1. The third-order valence-corrected chi connectivity index (χ3v) is 9.21. The lowest BCUT2D eigenvalue weighted by atomic mass is 9.87. The van der Waals surface area contributed by atoms with E-state index in [1.165, 1.54) is 6.42 Å². The average Bonchev–Trinajstić information content (AvgIpc) is 3.65. The molecule has 2 aromatic rings. The molecule has 4 aliphatic heterocycles. The molecular weight excluding hydrogens is 472 g/mol. The van der Waals surface area contributed by atoms with E-state index in [2.05, 4.69) is 32.9 Å². The molecule has 4 saturated heterocycles. The van der Waals surface area contributed by atoms with E-state index >= 15 is 0 Å². The maximum Gasteiger partial charge on any atom is 0.308 e. The fourth-order valence-electron chi connectivity index (χ4n) is 6.85. The van der Waals surface area contributed by atoms with Gasteiger partial charge in [-0.1, -0.05) is 13.8 Å². The molecule has 0 radical (unpaired) electrons. The number of fused-ring (bicyclic) bond motifs is 1. The average molecular weight is 511 g/mol. The highest BCUT2D eigenvalue weighted by Gasteiger charge is 2.48. The van der Waals surface area contributed by atoms with Gasteiger partial charge in [-0.3, -0.25) is 14.5 Å². The Morgan fingerprint density at radius 1 is 1.14 bits per heavy atom. The van der Waals surface area contributed by atoms with Gasteiger partial charge in [-0.15, -0.1) is 5.10 Å². The van der Waals surface area contributed by atoms with Gasteiger partial charge in [-0.25, -0.2) is 9.50 Å². The van der Waals surface area contributed by atoms with Crippen molar-refractivity contribution in [2.45, 2.75) is 58.1 Å². The van der Waals surface area contributed by atoms with Gasteiger partial charge in [0, 0.05) is 45.3 Å². The molecule has 10 heteroatoms. The van der Waals surface area contributed by atoms with Gasteiger partial charge in [0.1, 0.15) is 0 Å². The molecule has 6 heterocycles. The van der Waals surface area contributed by atoms with E-state index in [1.807, 2.05) is 24.9 Å². The van der Waals surface area contributed by atoms with Crippen molar-refractivity contribution in [1.82, 2.24) is 24.4 Å². The number of aromatic nitrogens is 3. The second-order valence-electron chi connectivity index (χ2n) is 11.9. The highest BCUT2D eigenvalue weighted by atomic mass is 16.5. The minimum absolute atomic E-state index is 0.124. The van der Waals surface area contributed by atoms with Crippen molar-refractivity contribution >= 4 is 23.2 Å². The number of carboxylic acid groups (broad SMARTS) is 1. The fourth-order valence-corrected chi connectivity index (χ4v) is 6.85. The predicted molar refractivity (Wildman–Crippen MR) is 138 cm³/mol. The largest absolute Gasteiger partial charge is 0.481 e. The summed E-state index contributed by atoms with van der Waals surface area (Å²) >= 11 is 0. The molecule has 1 spiro atoms. The van der Waals surface area contributed by atoms with Gasteiger partial charge in [0.2, 0.25) is 5.82 Å². The van der Waals surface area contributed by atoms with E-state index in [0.29, 0.717) is 32.2 Å². The number of aliphatic carboxylic acids is 1. The summed E-state index contributed by atoms with van der Waals surface area (Å²) in [6, 6.07) is 2.40. The van der Waals surface area contributed by atoms with Crippen LogP contribution in [0.15, 0.2) is 12.3 Å². The number of anilines is 1. The number of carbonyl (C=O) groups is 2. The molecular formula is C27H38N6O4. The van der Waals surface area contributed by atoms with Gasteiger partial charge in [0.25, 0.3) is 5.91 Å². The Labute approximate surface area is 217 Å². The number of amides is 1. The molecule has 4 atom stereocenters. The van der Waals surface area contributed by atoms with Crippen LogP contribution < -0.4 is 4.90 Å². The first kappa shape index (κ1) is 24.6. The number of aryl methyl sites for hydroxylation is 1. The molecule has 4 unspecified atom stereocenters. The highest BCUT2D eigenvalue weighted by molar-refractivity contribution is 5.91. The molecule has 4 fully saturated rings. The number of carboxylic acids is 1. The van der Waals surface area contributed by atoms with Crippen molar-refractivity contribution in [1.29, 1.82) is 0 Å². The third-order valence-electron chi connectivity index (χ3n) is 9.21. The molecule has 37 heavy (non-hydrogen) atoms. The van der Waals surface area contributed by atoms with Crippen LogP contribution in [0.2, 0.25) is 0 Å². The molecule has 1 N–H and O–H groups in total. The van der Waals surface area contributed by atoms with Crippen LogP contribution in [0.5, 0.6) is 0 Å². The van der Waals surface area contributed by atoms with Crippen LogP contribution in [0, 0.1) is 24.7 Å². The summed E-state index contributed by atoms with van der Waals surface area (Å²) in [7, 11) is 0.